The van der Waals surface area contributed by atoms with Gasteiger partial charge in [-0.3, -0.25) is 4.79 Å². The van der Waals surface area contributed by atoms with Gasteiger partial charge >= 0.3 is 51.4 Å². The molecular formula is C25H25KN6O2. The molecule has 0 saturated carbocycles. The SMILES string of the molecule is COc1ccc(C(=O)Nc2cccc(C(C)N[C-]=CNc3[cH-]c(C4=C[N+](C)=C4)cn3)c2)cn1.[K+]. The molecule has 3 N–H and O–H groups in total. The third-order valence-corrected chi connectivity index (χ3v) is 5.10. The fourth-order valence-electron chi connectivity index (χ4n) is 3.26. The molecule has 4 rings (SSSR count). The number of hydrogen-bond acceptors (Lipinski definition) is 6. The molecule has 2 aromatic heterocycles. The van der Waals surface area contributed by atoms with Gasteiger partial charge in [0.1, 0.15) is 19.5 Å². The number of hydrogen-bond donors (Lipinski definition) is 3. The molecule has 1 aliphatic heterocycles. The molecular weight excluding hydrogens is 455 g/mol. The zero-order chi connectivity index (χ0) is 23.2. The van der Waals surface area contributed by atoms with Gasteiger partial charge in [-0.15, -0.1) is 11.6 Å². The van der Waals surface area contributed by atoms with E-state index < -0.39 is 0 Å². The van der Waals surface area contributed by atoms with Crippen molar-refractivity contribution in [3.63, 3.8) is 0 Å². The normalized spacial score (nSPS) is 13.1. The van der Waals surface area contributed by atoms with E-state index >= 15 is 0 Å². The van der Waals surface area contributed by atoms with E-state index in [1.807, 2.05) is 55.1 Å². The number of carbonyl (C=O) groups is 1. The van der Waals surface area contributed by atoms with Crippen LogP contribution in [0.3, 0.4) is 0 Å². The van der Waals surface area contributed by atoms with E-state index in [2.05, 4.69) is 44.5 Å². The predicted molar refractivity (Wildman–Crippen MR) is 128 cm³/mol. The molecule has 1 unspecified atom stereocenters. The molecule has 1 aliphatic rings. The van der Waals surface area contributed by atoms with Crippen LogP contribution in [0, 0.1) is 6.20 Å². The quantitative estimate of drug-likeness (QED) is 0.180. The molecule has 0 fully saturated rings. The van der Waals surface area contributed by atoms with E-state index in [4.69, 9.17) is 4.74 Å². The zero-order valence-electron chi connectivity index (χ0n) is 19.7. The molecule has 3 aromatic rings. The minimum absolute atomic E-state index is 0. The summed E-state index contributed by atoms with van der Waals surface area (Å²) in [4.78, 5) is 20.9. The molecule has 168 valence electrons. The Morgan fingerprint density at radius 1 is 1.24 bits per heavy atom. The number of nitrogens with one attached hydrogen (secondary N) is 3. The van der Waals surface area contributed by atoms with Gasteiger partial charge in [0, 0.05) is 29.6 Å². The third kappa shape index (κ3) is 6.68. The predicted octanol–water partition coefficient (Wildman–Crippen LogP) is 0.565. The van der Waals surface area contributed by atoms with Gasteiger partial charge in [0.25, 0.3) is 5.91 Å². The summed E-state index contributed by atoms with van der Waals surface area (Å²) in [5.41, 5.74) is 4.40. The van der Waals surface area contributed by atoms with Crippen molar-refractivity contribution in [1.29, 1.82) is 0 Å². The van der Waals surface area contributed by atoms with Crippen LogP contribution in [0.15, 0.2) is 67.3 Å². The number of aromatic nitrogens is 2. The maximum absolute atomic E-state index is 12.5. The Morgan fingerprint density at radius 3 is 2.76 bits per heavy atom. The summed E-state index contributed by atoms with van der Waals surface area (Å²) < 4.78 is 7.03. The molecule has 0 aliphatic carbocycles. The number of nitrogens with zero attached hydrogens (tertiary/aromatic N) is 3. The fourth-order valence-corrected chi connectivity index (χ4v) is 3.26. The maximum Gasteiger partial charge on any atom is 1.00 e. The summed E-state index contributed by atoms with van der Waals surface area (Å²) >= 11 is 0. The molecule has 3 heterocycles. The largest absolute Gasteiger partial charge is 1.00 e. The van der Waals surface area contributed by atoms with Gasteiger partial charge in [-0.25, -0.2) is 9.56 Å². The summed E-state index contributed by atoms with van der Waals surface area (Å²) in [7, 11) is 3.53. The fraction of sp³-hybridized carbons (Fsp3) is 0.160. The Labute approximate surface area is 241 Å². The number of ether oxygens (including phenoxy) is 1. The third-order valence-electron chi connectivity index (χ3n) is 5.10. The van der Waals surface area contributed by atoms with E-state index in [0.717, 1.165) is 22.5 Å². The first-order valence-electron chi connectivity index (χ1n) is 10.4. The monoisotopic (exact) mass is 480 g/mol. The van der Waals surface area contributed by atoms with Gasteiger partial charge < -0.3 is 31.9 Å². The zero-order valence-corrected chi connectivity index (χ0v) is 22.8. The minimum Gasteiger partial charge on any atom is -0.560 e. The Morgan fingerprint density at radius 2 is 2.06 bits per heavy atom. The number of anilines is 2. The number of allylic oxidation sites excluding steroid dienone is 1. The second-order valence-electron chi connectivity index (χ2n) is 7.59. The van der Waals surface area contributed by atoms with Crippen molar-refractivity contribution in [2.75, 3.05) is 24.8 Å². The van der Waals surface area contributed by atoms with Crippen molar-refractivity contribution >= 4 is 29.2 Å². The first kappa shape index (κ1) is 25.9. The van der Waals surface area contributed by atoms with Crippen molar-refractivity contribution < 1.29 is 65.5 Å². The number of benzene rings is 1. The van der Waals surface area contributed by atoms with E-state index in [-0.39, 0.29) is 63.3 Å². The van der Waals surface area contributed by atoms with Crippen LogP contribution >= 0.6 is 0 Å². The van der Waals surface area contributed by atoms with Gasteiger partial charge in [0.15, 0.2) is 0 Å². The number of amides is 1. The van der Waals surface area contributed by atoms with Gasteiger partial charge in [-0.1, -0.05) is 18.3 Å². The molecule has 34 heavy (non-hydrogen) atoms. The van der Waals surface area contributed by atoms with Gasteiger partial charge in [-0.2, -0.15) is 6.20 Å². The smallest absolute Gasteiger partial charge is 0.560 e. The second kappa shape index (κ2) is 12.1. The molecule has 0 spiro atoms. The summed E-state index contributed by atoms with van der Waals surface area (Å²) in [5.74, 6) is 0.986. The van der Waals surface area contributed by atoms with E-state index in [0.29, 0.717) is 17.1 Å². The van der Waals surface area contributed by atoms with E-state index in [1.165, 1.54) is 13.3 Å². The van der Waals surface area contributed by atoms with Crippen LogP contribution < -0.4 is 72.1 Å². The topological polar surface area (TPSA) is 91.2 Å². The van der Waals surface area contributed by atoms with Gasteiger partial charge in [-0.05, 0) is 30.7 Å². The summed E-state index contributed by atoms with van der Waals surface area (Å²) in [6, 6.07) is 13.0. The molecule has 1 aromatic carbocycles. The molecule has 1 amide bonds. The molecule has 9 heteroatoms. The van der Waals surface area contributed by atoms with Crippen LogP contribution in [0.1, 0.15) is 34.5 Å². The number of carbonyl (C=O) groups excluding carboxylic acids is 1. The first-order valence-corrected chi connectivity index (χ1v) is 10.4. The van der Waals surface area contributed by atoms with Crippen LogP contribution in [0.4, 0.5) is 11.5 Å². The Kier molecular flexibility index (Phi) is 9.25. The van der Waals surface area contributed by atoms with Crippen LogP contribution in [0.25, 0.3) is 5.57 Å². The molecule has 1 atom stereocenters. The number of methoxy groups -OCH3 is 1. The second-order valence-corrected chi connectivity index (χ2v) is 7.59. The van der Waals surface area contributed by atoms with Crippen molar-refractivity contribution in [1.82, 2.24) is 15.3 Å². The van der Waals surface area contributed by atoms with Crippen molar-refractivity contribution in [3.05, 3.63) is 90.1 Å². The van der Waals surface area contributed by atoms with Crippen molar-refractivity contribution in [2.45, 2.75) is 13.0 Å². The molecule has 0 bridgehead atoms. The van der Waals surface area contributed by atoms with Gasteiger partial charge in [0.05, 0.1) is 18.5 Å². The van der Waals surface area contributed by atoms with Crippen molar-refractivity contribution in [3.8, 4) is 5.88 Å². The molecule has 0 radical (unpaired) electrons. The first-order chi connectivity index (χ1) is 16.0. The van der Waals surface area contributed by atoms with Crippen LogP contribution in [-0.2, 0) is 0 Å². The average Bonchev–Trinajstić information content (AvgIpc) is 3.28. The number of pyridine rings is 1. The van der Waals surface area contributed by atoms with E-state index in [9.17, 15) is 4.79 Å². The molecule has 0 saturated heterocycles. The summed E-state index contributed by atoms with van der Waals surface area (Å²) in [5, 5.41) is 9.21. The van der Waals surface area contributed by atoms with Crippen LogP contribution in [-0.4, -0.2) is 40.8 Å². The maximum atomic E-state index is 12.5. The van der Waals surface area contributed by atoms with Gasteiger partial charge in [0.2, 0.25) is 5.88 Å². The van der Waals surface area contributed by atoms with Crippen molar-refractivity contribution in [2.24, 2.45) is 0 Å². The van der Waals surface area contributed by atoms with E-state index in [1.54, 1.807) is 18.3 Å². The minimum atomic E-state index is -0.234. The summed E-state index contributed by atoms with van der Waals surface area (Å²) in [6.45, 7) is 2.02. The standard InChI is InChI=1S/C25H25N6O2.K/c1-17(26-9-10-27-23-12-20(14-28-23)21-15-31(2)16-21)18-5-4-6-22(11-18)30-25(32)19-7-8-24(33-3)29-13-19;/h4-8,10-17,26H,1-3H3,(H,27,28)(H,30,32);/q-1;+1. The number of rotatable bonds is 9. The van der Waals surface area contributed by atoms with Crippen LogP contribution in [0.5, 0.6) is 5.88 Å². The Hall–Kier alpha value is -2.69. The summed E-state index contributed by atoms with van der Waals surface area (Å²) in [6.07, 6.45) is 12.2. The Balaban J connectivity index is 0.00000324. The van der Waals surface area contributed by atoms with Crippen LogP contribution in [0.2, 0.25) is 0 Å². The Bertz CT molecular complexity index is 1230. The average molecular weight is 481 g/mol. The molecule has 8 nitrogen and oxygen atoms in total.